The molecule has 0 amide bonds. The van der Waals surface area contributed by atoms with E-state index in [1.54, 1.807) is 37.4 Å². The maximum Gasteiger partial charge on any atom is 0.269 e. The number of fused-ring (bicyclic) bond motifs is 1. The molecule has 0 aliphatic rings. The van der Waals surface area contributed by atoms with Gasteiger partial charge >= 0.3 is 0 Å². The monoisotopic (exact) mass is 326 g/mol. The van der Waals surface area contributed by atoms with E-state index in [-0.39, 0.29) is 18.7 Å². The van der Waals surface area contributed by atoms with Gasteiger partial charge in [0.1, 0.15) is 24.2 Å². The van der Waals surface area contributed by atoms with E-state index in [4.69, 9.17) is 9.47 Å². The molecule has 0 aliphatic heterocycles. The number of hydrogen-bond acceptors (Lipinski definition) is 5. The van der Waals surface area contributed by atoms with Gasteiger partial charge in [0.2, 0.25) is 0 Å². The summed E-state index contributed by atoms with van der Waals surface area (Å²) >= 11 is 0. The van der Waals surface area contributed by atoms with E-state index in [1.165, 1.54) is 10.8 Å². The molecule has 0 saturated carbocycles. The summed E-state index contributed by atoms with van der Waals surface area (Å²) in [4.78, 5) is 16.1. The van der Waals surface area contributed by atoms with Gasteiger partial charge < -0.3 is 19.1 Å². The normalized spacial score (nSPS) is 12.1. The van der Waals surface area contributed by atoms with Crippen molar-refractivity contribution in [3.05, 3.63) is 65.1 Å². The third kappa shape index (κ3) is 3.55. The van der Waals surface area contributed by atoms with E-state index >= 15 is 0 Å². The zero-order valence-electron chi connectivity index (χ0n) is 13.3. The summed E-state index contributed by atoms with van der Waals surface area (Å²) < 4.78 is 12.1. The van der Waals surface area contributed by atoms with Gasteiger partial charge in [0, 0.05) is 0 Å². The molecule has 1 heterocycles. The number of para-hydroxylation sites is 2. The first-order valence-electron chi connectivity index (χ1n) is 7.57. The van der Waals surface area contributed by atoms with Gasteiger partial charge in [-0.2, -0.15) is 0 Å². The predicted octanol–water partition coefficient (Wildman–Crippen LogP) is 1.84. The fourth-order valence-electron chi connectivity index (χ4n) is 2.43. The molecule has 0 bridgehead atoms. The number of ether oxygens (including phenoxy) is 2. The summed E-state index contributed by atoms with van der Waals surface area (Å²) in [6, 6.07) is 14.4. The van der Waals surface area contributed by atoms with E-state index in [9.17, 15) is 9.90 Å². The Balaban J connectivity index is 1.69. The van der Waals surface area contributed by atoms with Gasteiger partial charge in [-0.1, -0.05) is 12.1 Å². The smallest absolute Gasteiger partial charge is 0.269 e. The molecule has 24 heavy (non-hydrogen) atoms. The highest BCUT2D eigenvalue weighted by Gasteiger charge is 2.11. The van der Waals surface area contributed by atoms with Gasteiger partial charge in [-0.25, -0.2) is 4.98 Å². The average molecular weight is 326 g/mol. The molecule has 0 aliphatic carbocycles. The summed E-state index contributed by atoms with van der Waals surface area (Å²) in [7, 11) is 1.59. The van der Waals surface area contributed by atoms with Crippen LogP contribution in [0, 0.1) is 0 Å². The lowest BCUT2D eigenvalue weighted by Crippen LogP contribution is -2.30. The molecule has 1 atom stereocenters. The Kier molecular flexibility index (Phi) is 4.77. The molecule has 0 radical (unpaired) electrons. The van der Waals surface area contributed by atoms with Crippen LogP contribution in [0.4, 0.5) is 0 Å². The van der Waals surface area contributed by atoms with Crippen molar-refractivity contribution < 1.29 is 14.6 Å². The first-order chi connectivity index (χ1) is 11.7. The minimum absolute atomic E-state index is 0.0788. The molecule has 0 spiro atoms. The van der Waals surface area contributed by atoms with Gasteiger partial charge in [-0.3, -0.25) is 4.79 Å². The Bertz CT molecular complexity index is 874. The maximum atomic E-state index is 12.0. The number of rotatable bonds is 6. The molecule has 0 saturated heterocycles. The largest absolute Gasteiger partial charge is 0.497 e. The van der Waals surface area contributed by atoms with E-state index in [2.05, 4.69) is 4.98 Å². The number of benzene rings is 2. The lowest BCUT2D eigenvalue weighted by molar-refractivity contribution is 0.0926. The van der Waals surface area contributed by atoms with Crippen molar-refractivity contribution in [1.29, 1.82) is 0 Å². The molecule has 3 aromatic rings. The van der Waals surface area contributed by atoms with Crippen LogP contribution in [-0.4, -0.2) is 34.5 Å². The number of aliphatic hydroxyl groups is 1. The highest BCUT2D eigenvalue weighted by molar-refractivity contribution is 5.74. The van der Waals surface area contributed by atoms with Crippen LogP contribution in [0.25, 0.3) is 11.0 Å². The van der Waals surface area contributed by atoms with Crippen LogP contribution in [-0.2, 0) is 6.54 Å². The molecular formula is C18H18N2O4. The second kappa shape index (κ2) is 7.14. The molecule has 6 heteroatoms. The maximum absolute atomic E-state index is 12.0. The minimum Gasteiger partial charge on any atom is -0.497 e. The second-order valence-corrected chi connectivity index (χ2v) is 5.34. The second-order valence-electron chi connectivity index (χ2n) is 5.34. The molecule has 6 nitrogen and oxygen atoms in total. The quantitative estimate of drug-likeness (QED) is 0.748. The number of aliphatic hydroxyl groups excluding tert-OH is 1. The van der Waals surface area contributed by atoms with Gasteiger partial charge in [-0.05, 0) is 36.4 Å². The first kappa shape index (κ1) is 16.0. The minimum atomic E-state index is -0.824. The van der Waals surface area contributed by atoms with Crippen LogP contribution in [0.2, 0.25) is 0 Å². The van der Waals surface area contributed by atoms with Crippen molar-refractivity contribution in [3.8, 4) is 11.5 Å². The van der Waals surface area contributed by atoms with E-state index in [0.29, 0.717) is 16.8 Å². The zero-order chi connectivity index (χ0) is 16.9. The molecule has 1 aromatic heterocycles. The van der Waals surface area contributed by atoms with Gasteiger partial charge in [-0.15, -0.1) is 0 Å². The Labute approximate surface area is 138 Å². The molecule has 0 unspecified atom stereocenters. The van der Waals surface area contributed by atoms with Crippen molar-refractivity contribution in [2.75, 3.05) is 13.7 Å². The summed E-state index contributed by atoms with van der Waals surface area (Å²) in [5.74, 6) is 1.36. The topological polar surface area (TPSA) is 73.6 Å². The van der Waals surface area contributed by atoms with Crippen LogP contribution in [0.3, 0.4) is 0 Å². The summed E-state index contributed by atoms with van der Waals surface area (Å²) in [5, 5.41) is 10.2. The van der Waals surface area contributed by atoms with E-state index < -0.39 is 6.10 Å². The van der Waals surface area contributed by atoms with Crippen molar-refractivity contribution in [2.24, 2.45) is 0 Å². The molecule has 2 aromatic carbocycles. The van der Waals surface area contributed by atoms with E-state index in [0.717, 1.165) is 5.75 Å². The molecule has 1 N–H and O–H groups in total. The third-order valence-electron chi connectivity index (χ3n) is 3.65. The van der Waals surface area contributed by atoms with E-state index in [1.807, 2.05) is 18.2 Å². The Hall–Kier alpha value is -2.86. The molecular weight excluding hydrogens is 308 g/mol. The summed E-state index contributed by atoms with van der Waals surface area (Å²) in [6.07, 6.45) is 0.440. The van der Waals surface area contributed by atoms with Gasteiger partial charge in [0.05, 0.1) is 30.9 Å². The highest BCUT2D eigenvalue weighted by Crippen LogP contribution is 2.17. The van der Waals surface area contributed by atoms with Crippen LogP contribution in [0.1, 0.15) is 0 Å². The number of aromatic nitrogens is 2. The number of hydrogen-bond donors (Lipinski definition) is 1. The standard InChI is InChI=1S/C18H18N2O4/c1-23-14-6-8-15(9-7-14)24-12-13(21)11-20-17-5-3-2-4-16(17)19-10-18(20)22/h2-10,13,21H,11-12H2,1H3/t13-/m1/s1. The Morgan fingerprint density at radius 2 is 1.83 bits per heavy atom. The lowest BCUT2D eigenvalue weighted by atomic mass is 10.2. The number of methoxy groups -OCH3 is 1. The third-order valence-corrected chi connectivity index (χ3v) is 3.65. The number of nitrogens with zero attached hydrogens (tertiary/aromatic N) is 2. The van der Waals surface area contributed by atoms with Gasteiger partial charge in [0.25, 0.3) is 5.56 Å². The highest BCUT2D eigenvalue weighted by atomic mass is 16.5. The van der Waals surface area contributed by atoms with Crippen molar-refractivity contribution >= 4 is 11.0 Å². The molecule has 3 rings (SSSR count). The molecule has 124 valence electrons. The van der Waals surface area contributed by atoms with Gasteiger partial charge in [0.15, 0.2) is 0 Å². The first-order valence-corrected chi connectivity index (χ1v) is 7.57. The fraction of sp³-hybridized carbons (Fsp3) is 0.222. The predicted molar refractivity (Wildman–Crippen MR) is 90.5 cm³/mol. The Morgan fingerprint density at radius 3 is 2.58 bits per heavy atom. The summed E-state index contributed by atoms with van der Waals surface area (Å²) in [5.41, 5.74) is 1.14. The van der Waals surface area contributed by atoms with Crippen molar-refractivity contribution in [1.82, 2.24) is 9.55 Å². The zero-order valence-corrected chi connectivity index (χ0v) is 13.3. The lowest BCUT2D eigenvalue weighted by Gasteiger charge is -2.15. The van der Waals surface area contributed by atoms with Crippen LogP contribution in [0.15, 0.2) is 59.5 Å². The van der Waals surface area contributed by atoms with Crippen LogP contribution >= 0.6 is 0 Å². The molecule has 0 fully saturated rings. The fourth-order valence-corrected chi connectivity index (χ4v) is 2.43. The summed E-state index contributed by atoms with van der Waals surface area (Å²) in [6.45, 7) is 0.216. The van der Waals surface area contributed by atoms with Crippen molar-refractivity contribution in [3.63, 3.8) is 0 Å². The van der Waals surface area contributed by atoms with Crippen molar-refractivity contribution in [2.45, 2.75) is 12.6 Å². The Morgan fingerprint density at radius 1 is 1.12 bits per heavy atom. The SMILES string of the molecule is COc1ccc(OC[C@H](O)Cn2c(=O)cnc3ccccc32)cc1. The van der Waals surface area contributed by atoms with Crippen LogP contribution in [0.5, 0.6) is 11.5 Å². The average Bonchev–Trinajstić information content (AvgIpc) is 2.63. The van der Waals surface area contributed by atoms with Crippen LogP contribution < -0.4 is 15.0 Å².